The van der Waals surface area contributed by atoms with Crippen LogP contribution in [0.2, 0.25) is 0 Å². The second kappa shape index (κ2) is 7.22. The van der Waals surface area contributed by atoms with Gasteiger partial charge in [0.05, 0.1) is 12.3 Å². The maximum absolute atomic E-state index is 13.7. The van der Waals surface area contributed by atoms with Crippen molar-refractivity contribution in [2.45, 2.75) is 20.8 Å². The van der Waals surface area contributed by atoms with Crippen LogP contribution in [0, 0.1) is 18.7 Å². The Kier molecular flexibility index (Phi) is 5.32. The molecule has 0 bridgehead atoms. The Morgan fingerprint density at radius 2 is 2.18 bits per heavy atom. The summed E-state index contributed by atoms with van der Waals surface area (Å²) in [6, 6.07) is 2.34. The van der Waals surface area contributed by atoms with Gasteiger partial charge in [-0.15, -0.1) is 11.3 Å². The van der Waals surface area contributed by atoms with Gasteiger partial charge >= 0.3 is 6.03 Å². The second-order valence-corrected chi connectivity index (χ2v) is 6.11. The third-order valence-corrected chi connectivity index (χ3v) is 3.42. The topological polar surface area (TPSA) is 63.2 Å². The van der Waals surface area contributed by atoms with E-state index in [1.54, 1.807) is 24.6 Å². The molecule has 2 amide bonds. The molecule has 0 aliphatic heterocycles. The maximum atomic E-state index is 13.7. The smallest absolute Gasteiger partial charge is 0.325 e. The molecule has 0 aliphatic rings. The molecule has 1 aromatic heterocycles. The SMILES string of the molecule is Cc1cc(OCC(C)C)c(NC(=O)Nc2nccs2)cc1F. The number of carbonyl (C=O) groups is 1. The highest BCUT2D eigenvalue weighted by Gasteiger charge is 2.13. The number of rotatable bonds is 5. The highest BCUT2D eigenvalue weighted by atomic mass is 32.1. The summed E-state index contributed by atoms with van der Waals surface area (Å²) < 4.78 is 19.4. The number of benzene rings is 1. The molecule has 0 aliphatic carbocycles. The predicted molar refractivity (Wildman–Crippen MR) is 86.2 cm³/mol. The normalized spacial score (nSPS) is 10.6. The van der Waals surface area contributed by atoms with Crippen LogP contribution in [0.15, 0.2) is 23.7 Å². The zero-order valence-electron chi connectivity index (χ0n) is 12.6. The predicted octanol–water partition coefficient (Wildman–Crippen LogP) is 4.27. The Hall–Kier alpha value is -2.15. The quantitative estimate of drug-likeness (QED) is 0.863. The summed E-state index contributed by atoms with van der Waals surface area (Å²) in [5.41, 5.74) is 0.752. The minimum Gasteiger partial charge on any atom is -0.491 e. The summed E-state index contributed by atoms with van der Waals surface area (Å²) in [6.45, 7) is 6.15. The van der Waals surface area contributed by atoms with E-state index in [1.807, 2.05) is 13.8 Å². The van der Waals surface area contributed by atoms with E-state index in [0.29, 0.717) is 29.0 Å². The van der Waals surface area contributed by atoms with E-state index < -0.39 is 11.8 Å². The van der Waals surface area contributed by atoms with Crippen LogP contribution in [0.5, 0.6) is 5.75 Å². The average molecular weight is 323 g/mol. The monoisotopic (exact) mass is 323 g/mol. The fraction of sp³-hybridized carbons (Fsp3) is 0.333. The van der Waals surface area contributed by atoms with Gasteiger partial charge in [0.2, 0.25) is 0 Å². The number of anilines is 2. The first-order valence-electron chi connectivity index (χ1n) is 6.86. The molecule has 0 spiro atoms. The molecule has 5 nitrogen and oxygen atoms in total. The Morgan fingerprint density at radius 1 is 1.41 bits per heavy atom. The highest BCUT2D eigenvalue weighted by Crippen LogP contribution is 2.28. The molecule has 0 unspecified atom stereocenters. The highest BCUT2D eigenvalue weighted by molar-refractivity contribution is 7.13. The van der Waals surface area contributed by atoms with Crippen LogP contribution in [0.4, 0.5) is 20.0 Å². The van der Waals surface area contributed by atoms with Gasteiger partial charge in [0.1, 0.15) is 11.6 Å². The minimum atomic E-state index is -0.493. The third kappa shape index (κ3) is 4.42. The molecule has 1 heterocycles. The summed E-state index contributed by atoms with van der Waals surface area (Å²) in [5, 5.41) is 7.38. The van der Waals surface area contributed by atoms with Crippen molar-refractivity contribution in [2.24, 2.45) is 5.92 Å². The lowest BCUT2D eigenvalue weighted by Crippen LogP contribution is -2.20. The lowest BCUT2D eigenvalue weighted by Gasteiger charge is -2.15. The van der Waals surface area contributed by atoms with E-state index in [-0.39, 0.29) is 5.69 Å². The lowest BCUT2D eigenvalue weighted by atomic mass is 10.2. The van der Waals surface area contributed by atoms with E-state index >= 15 is 0 Å². The van der Waals surface area contributed by atoms with Crippen molar-refractivity contribution in [3.05, 3.63) is 35.1 Å². The third-order valence-electron chi connectivity index (χ3n) is 2.73. The van der Waals surface area contributed by atoms with Crippen LogP contribution in [-0.2, 0) is 0 Å². The summed E-state index contributed by atoms with van der Waals surface area (Å²) in [7, 11) is 0. The Labute approximate surface area is 132 Å². The number of aromatic nitrogens is 1. The van der Waals surface area contributed by atoms with Crippen LogP contribution < -0.4 is 15.4 Å². The number of halogens is 1. The molecule has 0 atom stereocenters. The lowest BCUT2D eigenvalue weighted by molar-refractivity contribution is 0.260. The van der Waals surface area contributed by atoms with Gasteiger partial charge in [0, 0.05) is 17.6 Å². The number of ether oxygens (including phenoxy) is 1. The first-order chi connectivity index (χ1) is 10.5. The van der Waals surface area contributed by atoms with Crippen LogP contribution in [0.3, 0.4) is 0 Å². The van der Waals surface area contributed by atoms with Crippen molar-refractivity contribution in [2.75, 3.05) is 17.2 Å². The van der Waals surface area contributed by atoms with Gasteiger partial charge in [-0.3, -0.25) is 5.32 Å². The fourth-order valence-corrected chi connectivity index (χ4v) is 2.19. The molecule has 2 aromatic rings. The number of hydrogen-bond donors (Lipinski definition) is 2. The van der Waals surface area contributed by atoms with Crippen molar-refractivity contribution in [1.82, 2.24) is 4.98 Å². The zero-order chi connectivity index (χ0) is 16.1. The van der Waals surface area contributed by atoms with Gasteiger partial charge in [-0.2, -0.15) is 0 Å². The maximum Gasteiger partial charge on any atom is 0.325 e. The molecule has 118 valence electrons. The van der Waals surface area contributed by atoms with Crippen molar-refractivity contribution >= 4 is 28.2 Å². The number of thiazole rings is 1. The van der Waals surface area contributed by atoms with E-state index in [4.69, 9.17) is 4.74 Å². The van der Waals surface area contributed by atoms with Gasteiger partial charge in [-0.25, -0.2) is 14.2 Å². The molecule has 0 fully saturated rings. The molecule has 2 rings (SSSR count). The number of nitrogens with zero attached hydrogens (tertiary/aromatic N) is 1. The van der Waals surface area contributed by atoms with Crippen LogP contribution in [-0.4, -0.2) is 17.6 Å². The number of amides is 2. The summed E-state index contributed by atoms with van der Waals surface area (Å²) in [4.78, 5) is 15.9. The van der Waals surface area contributed by atoms with E-state index in [2.05, 4.69) is 15.6 Å². The molecule has 1 aromatic carbocycles. The molecule has 22 heavy (non-hydrogen) atoms. The molecule has 0 saturated carbocycles. The fourth-order valence-electron chi connectivity index (χ4n) is 1.66. The van der Waals surface area contributed by atoms with E-state index in [0.717, 1.165) is 0 Å². The Bertz CT molecular complexity index is 644. The van der Waals surface area contributed by atoms with E-state index in [1.165, 1.54) is 17.4 Å². The van der Waals surface area contributed by atoms with Gasteiger partial charge < -0.3 is 10.1 Å². The Balaban J connectivity index is 2.13. The van der Waals surface area contributed by atoms with Crippen molar-refractivity contribution in [3.8, 4) is 5.75 Å². The molecular weight excluding hydrogens is 305 g/mol. The summed E-state index contributed by atoms with van der Waals surface area (Å²) >= 11 is 1.30. The second-order valence-electron chi connectivity index (χ2n) is 5.22. The number of urea groups is 1. The number of aryl methyl sites for hydroxylation is 1. The van der Waals surface area contributed by atoms with Gasteiger partial charge in [-0.1, -0.05) is 13.8 Å². The molecule has 0 radical (unpaired) electrons. The van der Waals surface area contributed by atoms with Crippen molar-refractivity contribution in [3.63, 3.8) is 0 Å². The number of hydrogen-bond acceptors (Lipinski definition) is 4. The number of nitrogens with one attached hydrogen (secondary N) is 2. The molecule has 7 heteroatoms. The van der Waals surface area contributed by atoms with Crippen molar-refractivity contribution < 1.29 is 13.9 Å². The van der Waals surface area contributed by atoms with Crippen LogP contribution >= 0.6 is 11.3 Å². The van der Waals surface area contributed by atoms with Gasteiger partial charge in [0.25, 0.3) is 0 Å². The molecule has 2 N–H and O–H groups in total. The van der Waals surface area contributed by atoms with Crippen molar-refractivity contribution in [1.29, 1.82) is 0 Å². The largest absolute Gasteiger partial charge is 0.491 e. The minimum absolute atomic E-state index is 0.290. The standard InChI is InChI=1S/C15H18FN3O2S/c1-9(2)8-21-13-6-10(3)11(16)7-12(13)18-14(20)19-15-17-4-5-22-15/h4-7,9H,8H2,1-3H3,(H2,17,18,19,20). The Morgan fingerprint density at radius 3 is 2.82 bits per heavy atom. The molecular formula is C15H18FN3O2S. The summed E-state index contributed by atoms with van der Waals surface area (Å²) in [6.07, 6.45) is 1.59. The summed E-state index contributed by atoms with van der Waals surface area (Å²) in [5.74, 6) is 0.366. The van der Waals surface area contributed by atoms with Crippen LogP contribution in [0.25, 0.3) is 0 Å². The number of carbonyl (C=O) groups excluding carboxylic acids is 1. The van der Waals surface area contributed by atoms with Crippen LogP contribution in [0.1, 0.15) is 19.4 Å². The molecule has 0 saturated heterocycles. The van der Waals surface area contributed by atoms with Gasteiger partial charge in [0.15, 0.2) is 5.13 Å². The van der Waals surface area contributed by atoms with E-state index in [9.17, 15) is 9.18 Å². The average Bonchev–Trinajstić information content (AvgIpc) is 2.93. The first kappa shape index (κ1) is 16.2. The first-order valence-corrected chi connectivity index (χ1v) is 7.74. The van der Waals surface area contributed by atoms with Gasteiger partial charge in [-0.05, 0) is 24.5 Å². The zero-order valence-corrected chi connectivity index (χ0v) is 13.5.